The molecule has 6 nitrogen and oxygen atoms in total. The summed E-state index contributed by atoms with van der Waals surface area (Å²) in [5, 5.41) is 0. The fraction of sp³-hybridized carbons (Fsp3) is 0.273. The number of carbonyl (C=O) groups excluding carboxylic acids is 2. The Kier molecular flexibility index (Phi) is 5.87. The average molecular weight is 307 g/mol. The number of rotatable bonds is 4. The summed E-state index contributed by atoms with van der Waals surface area (Å²) in [6.45, 7) is -0.0617. The molecule has 0 fully saturated rings. The van der Waals surface area contributed by atoms with Gasteiger partial charge in [-0.05, 0) is 18.6 Å². The third-order valence-corrected chi connectivity index (χ3v) is 3.44. The number of benzene rings is 1. The molecule has 19 heavy (non-hydrogen) atoms. The topological polar surface area (TPSA) is 94.6 Å². The van der Waals surface area contributed by atoms with Crippen molar-refractivity contribution < 1.29 is 22.6 Å². The Morgan fingerprint density at radius 3 is 1.95 bits per heavy atom. The van der Waals surface area contributed by atoms with Gasteiger partial charge in [0.2, 0.25) is 0 Å². The fourth-order valence-electron chi connectivity index (χ4n) is 1.84. The number of hydrogen-bond donors (Lipinski definition) is 0. The minimum Gasteiger partial charge on any atom is -0.748 e. The molecule has 1 heterocycles. The van der Waals surface area contributed by atoms with Crippen LogP contribution in [0, 0.1) is 0 Å². The van der Waals surface area contributed by atoms with Crippen molar-refractivity contribution in [3.63, 3.8) is 0 Å². The number of hydrogen-bond acceptors (Lipinski definition) is 5. The molecule has 2 amide bonds. The first-order chi connectivity index (χ1) is 8.40. The van der Waals surface area contributed by atoms with Gasteiger partial charge < -0.3 is 4.55 Å². The Morgan fingerprint density at radius 1 is 1.05 bits per heavy atom. The molecule has 1 aliphatic heterocycles. The average Bonchev–Trinajstić information content (AvgIpc) is 2.53. The van der Waals surface area contributed by atoms with Crippen molar-refractivity contribution in [2.75, 3.05) is 12.3 Å². The number of fused-ring (bicyclic) bond motifs is 1. The van der Waals surface area contributed by atoms with E-state index in [9.17, 15) is 22.6 Å². The van der Waals surface area contributed by atoms with E-state index in [0.29, 0.717) is 11.1 Å². The summed E-state index contributed by atoms with van der Waals surface area (Å²) in [5.41, 5.74) is 0.625. The number of carbonyl (C=O) groups is 2. The van der Waals surface area contributed by atoms with Gasteiger partial charge in [-0.1, -0.05) is 12.1 Å². The predicted octanol–water partition coefficient (Wildman–Crippen LogP) is -0.163. The van der Waals surface area contributed by atoms with E-state index in [0.717, 1.165) is 4.90 Å². The van der Waals surface area contributed by atoms with E-state index in [1.54, 1.807) is 24.3 Å². The largest absolute Gasteiger partial charge is 0.748 e. The molecule has 0 saturated heterocycles. The zero-order chi connectivity index (χ0) is 13.3. The summed E-state index contributed by atoms with van der Waals surface area (Å²) in [6.07, 6.45) is -0.0443. The van der Waals surface area contributed by atoms with Crippen molar-refractivity contribution in [1.82, 2.24) is 4.90 Å². The Labute approximate surface area is 153 Å². The van der Waals surface area contributed by atoms with Gasteiger partial charge in [0.15, 0.2) is 0 Å². The van der Waals surface area contributed by atoms with E-state index < -0.39 is 27.7 Å². The maximum absolute atomic E-state index is 11.8. The normalized spacial score (nSPS) is 14.3. The maximum Gasteiger partial charge on any atom is 0.261 e. The molecule has 0 saturated carbocycles. The molecule has 1 aliphatic rings. The minimum atomic E-state index is -4.32. The van der Waals surface area contributed by atoms with Crippen LogP contribution in [0.5, 0.6) is 0 Å². The van der Waals surface area contributed by atoms with Crippen molar-refractivity contribution >= 4 is 73.3 Å². The standard InChI is InChI=1S/C11H11NO5S.K/c13-10-8-4-1-2-5-9(8)11(14)12(10)6-3-7-18(15,16)17;/h1-2,4-5H,3,6-7H2,(H,15,16,17);/p-1. The van der Waals surface area contributed by atoms with E-state index in [4.69, 9.17) is 0 Å². The molecule has 0 bridgehead atoms. The molecular weight excluding hydrogens is 297 g/mol. The summed E-state index contributed by atoms with van der Waals surface area (Å²) in [6, 6.07) is 6.38. The molecule has 2 rings (SSSR count). The first-order valence-electron chi connectivity index (χ1n) is 5.29. The second-order valence-corrected chi connectivity index (χ2v) is 5.45. The van der Waals surface area contributed by atoms with Crippen LogP contribution in [0.15, 0.2) is 24.3 Å². The minimum absolute atomic E-state index is 0. The van der Waals surface area contributed by atoms with Crippen LogP contribution >= 0.6 is 0 Å². The monoisotopic (exact) mass is 307 g/mol. The van der Waals surface area contributed by atoms with Crippen molar-refractivity contribution in [3.8, 4) is 0 Å². The quantitative estimate of drug-likeness (QED) is 0.437. The van der Waals surface area contributed by atoms with Crippen molar-refractivity contribution in [1.29, 1.82) is 0 Å². The number of amides is 2. The predicted molar refractivity (Wildman–Crippen MR) is 66.7 cm³/mol. The maximum atomic E-state index is 11.8. The first kappa shape index (κ1) is 17.0. The second kappa shape index (κ2) is 6.57. The van der Waals surface area contributed by atoms with Crippen LogP contribution < -0.4 is 0 Å². The Morgan fingerprint density at radius 2 is 1.53 bits per heavy atom. The molecule has 0 aromatic heterocycles. The van der Waals surface area contributed by atoms with Gasteiger partial charge in [-0.3, -0.25) is 14.5 Å². The van der Waals surface area contributed by atoms with Gasteiger partial charge in [-0.25, -0.2) is 8.42 Å². The van der Waals surface area contributed by atoms with Crippen molar-refractivity contribution in [3.05, 3.63) is 35.4 Å². The van der Waals surface area contributed by atoms with Crippen LogP contribution in [0.25, 0.3) is 0 Å². The van der Waals surface area contributed by atoms with Crippen LogP contribution in [0.3, 0.4) is 0 Å². The molecule has 0 atom stereocenters. The van der Waals surface area contributed by atoms with Crippen LogP contribution in [0.2, 0.25) is 0 Å². The molecule has 8 heteroatoms. The third kappa shape index (κ3) is 3.94. The van der Waals surface area contributed by atoms with Crippen molar-refractivity contribution in [2.24, 2.45) is 0 Å². The van der Waals surface area contributed by atoms with E-state index in [-0.39, 0.29) is 64.4 Å². The molecule has 0 spiro atoms. The van der Waals surface area contributed by atoms with Crippen LogP contribution in [0.1, 0.15) is 27.1 Å². The van der Waals surface area contributed by atoms with Crippen LogP contribution in [-0.4, -0.2) is 93.4 Å². The van der Waals surface area contributed by atoms with Gasteiger partial charge in [0.1, 0.15) is 0 Å². The summed E-state index contributed by atoms with van der Waals surface area (Å²) in [7, 11) is -4.32. The summed E-state index contributed by atoms with van der Waals surface area (Å²) < 4.78 is 31.3. The van der Waals surface area contributed by atoms with Gasteiger partial charge in [0.05, 0.1) is 21.2 Å². The summed E-state index contributed by atoms with van der Waals surface area (Å²) >= 11 is 0. The van der Waals surface area contributed by atoms with Crippen LogP contribution in [0.4, 0.5) is 0 Å². The molecule has 1 aromatic rings. The molecule has 0 aliphatic carbocycles. The van der Waals surface area contributed by atoms with Gasteiger partial charge in [-0.2, -0.15) is 0 Å². The summed E-state index contributed by atoms with van der Waals surface area (Å²) in [4.78, 5) is 24.6. The van der Waals surface area contributed by atoms with Gasteiger partial charge in [0, 0.05) is 63.7 Å². The molecule has 97 valence electrons. The van der Waals surface area contributed by atoms with Crippen molar-refractivity contribution in [2.45, 2.75) is 6.42 Å². The van der Waals surface area contributed by atoms with Gasteiger partial charge >= 0.3 is 0 Å². The first-order valence-corrected chi connectivity index (χ1v) is 6.87. The Bertz CT molecular complexity index is 578. The van der Waals surface area contributed by atoms with E-state index in [1.165, 1.54) is 0 Å². The van der Waals surface area contributed by atoms with E-state index >= 15 is 0 Å². The molecule has 1 radical (unpaired) electrons. The molecule has 1 aromatic carbocycles. The SMILES string of the molecule is O=C1c2ccccc2C(=O)N1CCCS(=O)(=O)[O-].[K]. The molecule has 0 unspecified atom stereocenters. The summed E-state index contributed by atoms with van der Waals surface area (Å²) in [5.74, 6) is -1.47. The second-order valence-electron chi connectivity index (χ2n) is 3.92. The Hall–Kier alpha value is -0.0936. The zero-order valence-electron chi connectivity index (χ0n) is 10.3. The molecule has 0 N–H and O–H groups in total. The fourth-order valence-corrected chi connectivity index (χ4v) is 2.32. The van der Waals surface area contributed by atoms with Gasteiger partial charge in [0.25, 0.3) is 11.8 Å². The zero-order valence-corrected chi connectivity index (χ0v) is 14.3. The third-order valence-electron chi connectivity index (χ3n) is 2.65. The van der Waals surface area contributed by atoms with E-state index in [2.05, 4.69) is 0 Å². The number of nitrogens with zero attached hydrogens (tertiary/aromatic N) is 1. The Balaban J connectivity index is 0.00000180. The smallest absolute Gasteiger partial charge is 0.261 e. The van der Waals surface area contributed by atoms with E-state index in [1.807, 2.05) is 0 Å². The van der Waals surface area contributed by atoms with Crippen LogP contribution in [-0.2, 0) is 10.1 Å². The number of imide groups is 1. The van der Waals surface area contributed by atoms with Gasteiger partial charge in [-0.15, -0.1) is 0 Å². The molecular formula is C11H10KNO5S-.